The molecular formula is C15H26O2. The van der Waals surface area contributed by atoms with E-state index in [-0.39, 0.29) is 11.5 Å². The van der Waals surface area contributed by atoms with Gasteiger partial charge in [-0.15, -0.1) is 0 Å². The Bertz CT molecular complexity index is 336. The molecular weight excluding hydrogens is 212 g/mol. The molecule has 0 saturated heterocycles. The van der Waals surface area contributed by atoms with Gasteiger partial charge in [0, 0.05) is 0 Å². The average molecular weight is 238 g/mol. The molecule has 2 nitrogen and oxygen atoms in total. The van der Waals surface area contributed by atoms with Gasteiger partial charge in [0.1, 0.15) is 0 Å². The lowest BCUT2D eigenvalue weighted by Gasteiger charge is -2.51. The van der Waals surface area contributed by atoms with Crippen LogP contribution < -0.4 is 0 Å². The van der Waals surface area contributed by atoms with Gasteiger partial charge in [-0.2, -0.15) is 0 Å². The van der Waals surface area contributed by atoms with Crippen LogP contribution in [-0.2, 0) is 0 Å². The molecule has 0 aromatic carbocycles. The van der Waals surface area contributed by atoms with E-state index >= 15 is 0 Å². The molecule has 0 unspecified atom stereocenters. The smallest absolute Gasteiger partial charge is 0.0657 e. The second-order valence-electron chi connectivity index (χ2n) is 7.66. The van der Waals surface area contributed by atoms with E-state index in [0.717, 1.165) is 37.0 Å². The van der Waals surface area contributed by atoms with Crippen molar-refractivity contribution in [3.05, 3.63) is 0 Å². The monoisotopic (exact) mass is 238 g/mol. The summed E-state index contributed by atoms with van der Waals surface area (Å²) in [7, 11) is 0. The average Bonchev–Trinajstić information content (AvgIpc) is 2.77. The molecule has 0 amide bonds. The lowest BCUT2D eigenvalue weighted by molar-refractivity contribution is -0.150. The van der Waals surface area contributed by atoms with Crippen molar-refractivity contribution in [1.82, 2.24) is 0 Å². The Morgan fingerprint density at radius 1 is 1.24 bits per heavy atom. The minimum absolute atomic E-state index is 0.0253. The van der Waals surface area contributed by atoms with E-state index in [0.29, 0.717) is 11.8 Å². The van der Waals surface area contributed by atoms with Gasteiger partial charge in [0.05, 0.1) is 11.7 Å². The third kappa shape index (κ3) is 1.40. The summed E-state index contributed by atoms with van der Waals surface area (Å²) in [5.41, 5.74) is -0.584. The number of aliphatic hydroxyl groups excluding tert-OH is 1. The summed E-state index contributed by atoms with van der Waals surface area (Å²) < 4.78 is 0. The van der Waals surface area contributed by atoms with Crippen LogP contribution in [0.2, 0.25) is 0 Å². The summed E-state index contributed by atoms with van der Waals surface area (Å²) in [5, 5.41) is 21.0. The van der Waals surface area contributed by atoms with Crippen molar-refractivity contribution in [2.75, 3.05) is 0 Å². The zero-order valence-electron chi connectivity index (χ0n) is 11.5. The zero-order valence-corrected chi connectivity index (χ0v) is 11.5. The largest absolute Gasteiger partial charge is 0.393 e. The van der Waals surface area contributed by atoms with Crippen molar-refractivity contribution >= 4 is 0 Å². The zero-order chi connectivity index (χ0) is 12.6. The van der Waals surface area contributed by atoms with E-state index in [1.54, 1.807) is 0 Å². The highest BCUT2D eigenvalue weighted by atomic mass is 16.3. The molecule has 0 spiro atoms. The van der Waals surface area contributed by atoms with Gasteiger partial charge in [-0.1, -0.05) is 20.8 Å². The minimum atomic E-state index is -0.558. The van der Waals surface area contributed by atoms with Gasteiger partial charge in [-0.25, -0.2) is 0 Å². The SMILES string of the molecule is CC(C)[C@H]1[C@@H]2C[C@]3(C)[C@@H](O)CC[C@@](C)(O)[C@H]3[C@@H]21. The highest BCUT2D eigenvalue weighted by Crippen LogP contribution is 2.73. The topological polar surface area (TPSA) is 40.5 Å². The normalized spacial score (nSPS) is 61.2. The number of aliphatic hydroxyl groups is 2. The van der Waals surface area contributed by atoms with Crippen molar-refractivity contribution in [2.45, 2.75) is 58.7 Å². The Morgan fingerprint density at radius 2 is 1.88 bits per heavy atom. The fraction of sp³-hybridized carbons (Fsp3) is 1.00. The van der Waals surface area contributed by atoms with Crippen LogP contribution in [0.15, 0.2) is 0 Å². The van der Waals surface area contributed by atoms with Crippen LogP contribution in [0.4, 0.5) is 0 Å². The fourth-order valence-corrected chi connectivity index (χ4v) is 5.57. The van der Waals surface area contributed by atoms with Crippen molar-refractivity contribution in [3.8, 4) is 0 Å². The summed E-state index contributed by atoms with van der Waals surface area (Å²) in [6, 6.07) is 0. The first kappa shape index (κ1) is 12.0. The Hall–Kier alpha value is -0.0800. The van der Waals surface area contributed by atoms with Crippen LogP contribution in [-0.4, -0.2) is 21.9 Å². The van der Waals surface area contributed by atoms with Gasteiger partial charge >= 0.3 is 0 Å². The third-order valence-electron chi connectivity index (χ3n) is 6.19. The highest BCUT2D eigenvalue weighted by molar-refractivity contribution is 5.20. The number of hydrogen-bond acceptors (Lipinski definition) is 2. The van der Waals surface area contributed by atoms with E-state index in [1.165, 1.54) is 0 Å². The van der Waals surface area contributed by atoms with Crippen LogP contribution >= 0.6 is 0 Å². The molecule has 3 aliphatic carbocycles. The molecule has 3 aliphatic rings. The van der Waals surface area contributed by atoms with Crippen LogP contribution in [0.3, 0.4) is 0 Å². The molecule has 17 heavy (non-hydrogen) atoms. The van der Waals surface area contributed by atoms with Crippen LogP contribution in [0.1, 0.15) is 47.0 Å². The Morgan fingerprint density at radius 3 is 2.47 bits per heavy atom. The standard InChI is InChI=1S/C15H26O2/c1-8(2)11-9-7-14(3)10(16)5-6-15(4,17)13(14)12(9)11/h8-13,16-17H,5-7H2,1-4H3/t9-,10-,11-,12-,13-,14+,15+/m0/s1. The first-order valence-electron chi connectivity index (χ1n) is 7.19. The second-order valence-corrected chi connectivity index (χ2v) is 7.66. The highest BCUT2D eigenvalue weighted by Gasteiger charge is 2.72. The minimum Gasteiger partial charge on any atom is -0.393 e. The van der Waals surface area contributed by atoms with Crippen molar-refractivity contribution < 1.29 is 10.2 Å². The number of hydrogen-bond donors (Lipinski definition) is 2. The van der Waals surface area contributed by atoms with Crippen LogP contribution in [0.25, 0.3) is 0 Å². The molecule has 0 aliphatic heterocycles. The Balaban J connectivity index is 1.92. The van der Waals surface area contributed by atoms with Crippen LogP contribution in [0, 0.1) is 35.0 Å². The van der Waals surface area contributed by atoms with E-state index in [2.05, 4.69) is 20.8 Å². The molecule has 0 aromatic rings. The Labute approximate surface area is 104 Å². The number of rotatable bonds is 1. The maximum absolute atomic E-state index is 10.7. The van der Waals surface area contributed by atoms with Gasteiger partial charge in [0.2, 0.25) is 0 Å². The molecule has 3 fully saturated rings. The molecule has 0 bridgehead atoms. The molecule has 0 radical (unpaired) electrons. The first-order valence-corrected chi connectivity index (χ1v) is 7.19. The quantitative estimate of drug-likeness (QED) is 0.736. The maximum Gasteiger partial charge on any atom is 0.0657 e. The summed E-state index contributed by atoms with van der Waals surface area (Å²) in [4.78, 5) is 0. The van der Waals surface area contributed by atoms with E-state index < -0.39 is 5.60 Å². The lowest BCUT2D eigenvalue weighted by Crippen LogP contribution is -2.54. The second kappa shape index (κ2) is 3.27. The maximum atomic E-state index is 10.7. The summed E-state index contributed by atoms with van der Waals surface area (Å²) >= 11 is 0. The molecule has 0 aromatic heterocycles. The summed E-state index contributed by atoms with van der Waals surface area (Å²) in [5.74, 6) is 3.28. The van der Waals surface area contributed by atoms with E-state index in [1.807, 2.05) is 6.92 Å². The molecule has 98 valence electrons. The van der Waals surface area contributed by atoms with Crippen molar-refractivity contribution in [2.24, 2.45) is 35.0 Å². The first-order chi connectivity index (χ1) is 7.79. The van der Waals surface area contributed by atoms with E-state index in [4.69, 9.17) is 0 Å². The summed E-state index contributed by atoms with van der Waals surface area (Å²) in [6.45, 7) is 8.81. The van der Waals surface area contributed by atoms with Crippen LogP contribution in [0.5, 0.6) is 0 Å². The van der Waals surface area contributed by atoms with E-state index in [9.17, 15) is 10.2 Å². The van der Waals surface area contributed by atoms with Gasteiger partial charge in [0.25, 0.3) is 0 Å². The predicted molar refractivity (Wildman–Crippen MR) is 67.4 cm³/mol. The summed E-state index contributed by atoms with van der Waals surface area (Å²) in [6.07, 6.45) is 2.46. The lowest BCUT2D eigenvalue weighted by atomic mass is 9.58. The van der Waals surface area contributed by atoms with Crippen molar-refractivity contribution in [1.29, 1.82) is 0 Å². The Kier molecular flexibility index (Phi) is 2.30. The third-order valence-corrected chi connectivity index (χ3v) is 6.19. The predicted octanol–water partition coefficient (Wildman–Crippen LogP) is 2.44. The molecule has 3 rings (SSSR count). The van der Waals surface area contributed by atoms with Gasteiger partial charge in [-0.05, 0) is 61.2 Å². The van der Waals surface area contributed by atoms with Crippen molar-refractivity contribution in [3.63, 3.8) is 0 Å². The molecule has 2 N–H and O–H groups in total. The van der Waals surface area contributed by atoms with Gasteiger partial charge in [0.15, 0.2) is 0 Å². The molecule has 0 heterocycles. The molecule has 3 saturated carbocycles. The molecule has 2 heteroatoms. The van der Waals surface area contributed by atoms with Gasteiger partial charge < -0.3 is 10.2 Å². The molecule has 7 atom stereocenters. The fourth-order valence-electron chi connectivity index (χ4n) is 5.57. The van der Waals surface area contributed by atoms with Gasteiger partial charge in [-0.3, -0.25) is 0 Å². The number of fused-ring (bicyclic) bond motifs is 3.